The minimum atomic E-state index is -1.01. The van der Waals surface area contributed by atoms with Crippen LogP contribution in [0.25, 0.3) is 11.1 Å². The number of phenolic OH excluding ortho intramolecular Hbond substituents is 1. The van der Waals surface area contributed by atoms with Crippen LogP contribution in [-0.4, -0.2) is 23.3 Å². The number of carbonyl (C=O) groups is 1. The summed E-state index contributed by atoms with van der Waals surface area (Å²) in [6.45, 7) is 0.473. The molecule has 1 unspecified atom stereocenters. The standard InChI is InChI=1S/C31H28N2O4/c1-37-28-15-23(22(14-27(28)34)20-8-4-5-9-21(20)31(35)36)30-25-13-18-6-2-3-7-19(18)29(25)24-12-17(16-32)10-11-26(24)33-30/h2-12,14-15,25,29-30,33-34H,13,16,32H2,1H3,(H,35,36)/t25-,29-,30?/m1/s1. The average Bonchev–Trinajstić information content (AvgIpc) is 3.32. The number of nitrogens with two attached hydrogens (primary N) is 1. The monoisotopic (exact) mass is 492 g/mol. The van der Waals surface area contributed by atoms with E-state index >= 15 is 0 Å². The van der Waals surface area contributed by atoms with Gasteiger partial charge in [0.15, 0.2) is 11.5 Å². The van der Waals surface area contributed by atoms with E-state index in [2.05, 4.69) is 41.7 Å². The maximum absolute atomic E-state index is 12.1. The number of carboxylic acid groups (broad SMARTS) is 1. The number of carboxylic acids is 1. The Morgan fingerprint density at radius 1 is 0.973 bits per heavy atom. The quantitative estimate of drug-likeness (QED) is 0.285. The lowest BCUT2D eigenvalue weighted by Crippen LogP contribution is -2.31. The van der Waals surface area contributed by atoms with E-state index in [1.54, 1.807) is 24.3 Å². The Bertz CT molecular complexity index is 1530. The van der Waals surface area contributed by atoms with Gasteiger partial charge < -0.3 is 26.0 Å². The highest BCUT2D eigenvalue weighted by Gasteiger charge is 2.44. The van der Waals surface area contributed by atoms with Crippen LogP contribution in [0.4, 0.5) is 5.69 Å². The summed E-state index contributed by atoms with van der Waals surface area (Å²) in [5, 5.41) is 24.5. The number of hydrogen-bond donors (Lipinski definition) is 4. The van der Waals surface area contributed by atoms with Crippen LogP contribution in [0.3, 0.4) is 0 Å². The molecule has 0 saturated carbocycles. The first kappa shape index (κ1) is 23.1. The summed E-state index contributed by atoms with van der Waals surface area (Å²) in [5.41, 5.74) is 14.3. The van der Waals surface area contributed by atoms with Gasteiger partial charge >= 0.3 is 5.97 Å². The van der Waals surface area contributed by atoms with Crippen molar-refractivity contribution in [3.8, 4) is 22.6 Å². The van der Waals surface area contributed by atoms with Crippen molar-refractivity contribution in [3.05, 3.63) is 112 Å². The number of methoxy groups -OCH3 is 1. The van der Waals surface area contributed by atoms with Crippen molar-refractivity contribution in [1.82, 2.24) is 0 Å². The van der Waals surface area contributed by atoms with Gasteiger partial charge in [0.2, 0.25) is 0 Å². The molecule has 186 valence electrons. The van der Waals surface area contributed by atoms with E-state index in [1.807, 2.05) is 18.2 Å². The highest BCUT2D eigenvalue weighted by atomic mass is 16.5. The number of nitrogens with one attached hydrogen (secondary N) is 1. The molecule has 6 rings (SSSR count). The largest absolute Gasteiger partial charge is 0.504 e. The summed E-state index contributed by atoms with van der Waals surface area (Å²) in [4.78, 5) is 12.1. The molecule has 0 amide bonds. The molecule has 1 aliphatic heterocycles. The summed E-state index contributed by atoms with van der Waals surface area (Å²) in [7, 11) is 1.52. The number of anilines is 1. The Morgan fingerprint density at radius 2 is 1.76 bits per heavy atom. The number of rotatable bonds is 5. The van der Waals surface area contributed by atoms with E-state index in [-0.39, 0.29) is 29.2 Å². The Kier molecular flexibility index (Phi) is 5.61. The molecule has 4 aromatic rings. The molecule has 1 aliphatic carbocycles. The highest BCUT2D eigenvalue weighted by molar-refractivity contribution is 5.97. The lowest BCUT2D eigenvalue weighted by Gasteiger charge is -2.39. The zero-order valence-electron chi connectivity index (χ0n) is 20.4. The fourth-order valence-corrected chi connectivity index (χ4v) is 6.19. The molecule has 0 radical (unpaired) electrons. The first-order valence-corrected chi connectivity index (χ1v) is 12.4. The van der Waals surface area contributed by atoms with Gasteiger partial charge in [-0.05, 0) is 75.5 Å². The molecular weight excluding hydrogens is 464 g/mol. The predicted molar refractivity (Wildman–Crippen MR) is 143 cm³/mol. The van der Waals surface area contributed by atoms with E-state index < -0.39 is 5.97 Å². The summed E-state index contributed by atoms with van der Waals surface area (Å²) in [6.07, 6.45) is 0.869. The molecule has 1 heterocycles. The summed E-state index contributed by atoms with van der Waals surface area (Å²) in [6, 6.07) is 25.1. The molecule has 0 fully saturated rings. The maximum atomic E-state index is 12.1. The summed E-state index contributed by atoms with van der Waals surface area (Å²) >= 11 is 0. The van der Waals surface area contributed by atoms with E-state index in [0.29, 0.717) is 23.4 Å². The van der Waals surface area contributed by atoms with Crippen molar-refractivity contribution in [3.63, 3.8) is 0 Å². The molecule has 0 aromatic heterocycles. The Hall–Kier alpha value is -4.29. The van der Waals surface area contributed by atoms with Gasteiger partial charge in [-0.3, -0.25) is 0 Å². The molecule has 6 heteroatoms. The first-order chi connectivity index (χ1) is 18.0. The third kappa shape index (κ3) is 3.72. The molecule has 0 saturated heterocycles. The number of fused-ring (bicyclic) bond motifs is 5. The molecule has 2 aliphatic rings. The number of aromatic carboxylic acids is 1. The topological polar surface area (TPSA) is 105 Å². The van der Waals surface area contributed by atoms with Crippen molar-refractivity contribution in [2.24, 2.45) is 11.7 Å². The van der Waals surface area contributed by atoms with Crippen LogP contribution in [-0.2, 0) is 13.0 Å². The summed E-state index contributed by atoms with van der Waals surface area (Å²) in [5.74, 6) is -0.366. The molecule has 0 bridgehead atoms. The van der Waals surface area contributed by atoms with Crippen molar-refractivity contribution in [2.45, 2.75) is 24.9 Å². The second kappa shape index (κ2) is 8.98. The number of phenols is 1. The van der Waals surface area contributed by atoms with Gasteiger partial charge in [0.1, 0.15) is 0 Å². The maximum Gasteiger partial charge on any atom is 0.336 e. The molecule has 5 N–H and O–H groups in total. The third-order valence-corrected chi connectivity index (χ3v) is 7.83. The lowest BCUT2D eigenvalue weighted by molar-refractivity contribution is 0.0697. The normalized spacial score (nSPS) is 19.4. The second-order valence-corrected chi connectivity index (χ2v) is 9.75. The molecular formula is C31H28N2O4. The van der Waals surface area contributed by atoms with Crippen LogP contribution < -0.4 is 15.8 Å². The minimum Gasteiger partial charge on any atom is -0.504 e. The predicted octanol–water partition coefficient (Wildman–Crippen LogP) is 5.70. The Morgan fingerprint density at radius 3 is 2.54 bits per heavy atom. The zero-order chi connectivity index (χ0) is 25.7. The number of ether oxygens (including phenoxy) is 1. The van der Waals surface area contributed by atoms with Crippen molar-refractivity contribution >= 4 is 11.7 Å². The molecule has 37 heavy (non-hydrogen) atoms. The molecule has 3 atom stereocenters. The Labute approximate surface area is 215 Å². The van der Waals surface area contributed by atoms with Gasteiger partial charge in [-0.25, -0.2) is 4.79 Å². The second-order valence-electron chi connectivity index (χ2n) is 9.75. The van der Waals surface area contributed by atoms with E-state index in [0.717, 1.165) is 23.2 Å². The average molecular weight is 493 g/mol. The first-order valence-electron chi connectivity index (χ1n) is 12.4. The lowest BCUT2D eigenvalue weighted by atomic mass is 9.74. The van der Waals surface area contributed by atoms with Crippen LogP contribution in [0.15, 0.2) is 78.9 Å². The van der Waals surface area contributed by atoms with Gasteiger partial charge in [-0.2, -0.15) is 0 Å². The number of aromatic hydroxyl groups is 1. The van der Waals surface area contributed by atoms with Crippen molar-refractivity contribution in [1.29, 1.82) is 0 Å². The fraction of sp³-hybridized carbons (Fsp3) is 0.194. The highest BCUT2D eigenvalue weighted by Crippen LogP contribution is 2.55. The minimum absolute atomic E-state index is 0.0310. The van der Waals surface area contributed by atoms with Gasteiger partial charge in [0, 0.05) is 18.2 Å². The smallest absolute Gasteiger partial charge is 0.336 e. The van der Waals surface area contributed by atoms with Crippen LogP contribution in [0.5, 0.6) is 11.5 Å². The van der Waals surface area contributed by atoms with Gasteiger partial charge in [-0.1, -0.05) is 54.6 Å². The van der Waals surface area contributed by atoms with Crippen LogP contribution in [0.1, 0.15) is 50.1 Å². The van der Waals surface area contributed by atoms with Gasteiger partial charge in [0.25, 0.3) is 0 Å². The van der Waals surface area contributed by atoms with Crippen LogP contribution in [0.2, 0.25) is 0 Å². The fourth-order valence-electron chi connectivity index (χ4n) is 6.19. The van der Waals surface area contributed by atoms with E-state index in [1.165, 1.54) is 23.8 Å². The molecule has 6 nitrogen and oxygen atoms in total. The van der Waals surface area contributed by atoms with Crippen LogP contribution in [0, 0.1) is 5.92 Å². The zero-order valence-corrected chi connectivity index (χ0v) is 20.4. The van der Waals surface area contributed by atoms with Gasteiger partial charge in [0.05, 0.1) is 18.7 Å². The SMILES string of the molecule is COc1cc(C2Nc3ccc(CN)cc3[C@H]3c4ccccc4C[C@@H]23)c(-c2ccccc2C(=O)O)cc1O. The third-order valence-electron chi connectivity index (χ3n) is 7.83. The molecule has 4 aromatic carbocycles. The summed E-state index contributed by atoms with van der Waals surface area (Å²) < 4.78 is 5.51. The van der Waals surface area contributed by atoms with Crippen LogP contribution >= 0.6 is 0 Å². The number of hydrogen-bond acceptors (Lipinski definition) is 5. The molecule has 0 spiro atoms. The Balaban J connectivity index is 1.59. The number of benzene rings is 4. The van der Waals surface area contributed by atoms with Crippen molar-refractivity contribution < 1.29 is 19.7 Å². The van der Waals surface area contributed by atoms with E-state index in [9.17, 15) is 15.0 Å². The van der Waals surface area contributed by atoms with Gasteiger partial charge in [-0.15, -0.1) is 0 Å². The van der Waals surface area contributed by atoms with E-state index in [4.69, 9.17) is 10.5 Å². The van der Waals surface area contributed by atoms with Crippen molar-refractivity contribution in [2.75, 3.05) is 12.4 Å².